The number of aromatic nitrogens is 2. The molecule has 0 saturated carbocycles. The highest BCUT2D eigenvalue weighted by Crippen LogP contribution is 2.19. The van der Waals surface area contributed by atoms with Crippen molar-refractivity contribution in [2.45, 2.75) is 4.90 Å². The van der Waals surface area contributed by atoms with Crippen LogP contribution in [0.25, 0.3) is 0 Å². The van der Waals surface area contributed by atoms with Crippen LogP contribution in [0.1, 0.15) is 0 Å². The highest BCUT2D eigenvalue weighted by molar-refractivity contribution is 7.92. The molecule has 2 aromatic rings. The highest BCUT2D eigenvalue weighted by atomic mass is 32.2. The molecular weight excluding hydrogens is 259 g/mol. The molecule has 6 nitrogen and oxygen atoms in total. The van der Waals surface area contributed by atoms with E-state index >= 15 is 0 Å². The van der Waals surface area contributed by atoms with Gasteiger partial charge in [-0.2, -0.15) is 0 Å². The number of nitrogens with zero attached hydrogens (tertiary/aromatic N) is 2. The Labute approximate surface area is 103 Å². The predicted octanol–water partition coefficient (Wildman–Crippen LogP) is 0.999. The minimum absolute atomic E-state index is 0.0123. The largest absolute Gasteiger partial charge is 0.398 e. The Bertz CT molecular complexity index is 675. The molecule has 0 aliphatic heterocycles. The zero-order valence-corrected chi connectivity index (χ0v) is 9.86. The van der Waals surface area contributed by atoms with Crippen LogP contribution in [0.5, 0.6) is 0 Å². The van der Waals surface area contributed by atoms with Crippen LogP contribution < -0.4 is 10.5 Å². The second kappa shape index (κ2) is 4.57. The summed E-state index contributed by atoms with van der Waals surface area (Å²) in [5.41, 5.74) is 5.61. The molecule has 0 aliphatic carbocycles. The summed E-state index contributed by atoms with van der Waals surface area (Å²) in [6, 6.07) is 2.37. The van der Waals surface area contributed by atoms with E-state index in [0.29, 0.717) is 0 Å². The van der Waals surface area contributed by atoms with Crippen LogP contribution in [-0.2, 0) is 10.0 Å². The average molecular weight is 268 g/mol. The van der Waals surface area contributed by atoms with Gasteiger partial charge in [-0.25, -0.2) is 12.8 Å². The van der Waals surface area contributed by atoms with E-state index in [4.69, 9.17) is 5.73 Å². The number of sulfonamides is 1. The van der Waals surface area contributed by atoms with Crippen LogP contribution in [-0.4, -0.2) is 18.4 Å². The third-order valence-electron chi connectivity index (χ3n) is 2.06. The lowest BCUT2D eigenvalue weighted by atomic mass is 10.4. The molecule has 2 aromatic heterocycles. The van der Waals surface area contributed by atoms with Gasteiger partial charge in [-0.1, -0.05) is 0 Å². The second-order valence-electron chi connectivity index (χ2n) is 3.41. The lowest BCUT2D eigenvalue weighted by Gasteiger charge is -2.08. The van der Waals surface area contributed by atoms with Crippen molar-refractivity contribution in [1.29, 1.82) is 0 Å². The summed E-state index contributed by atoms with van der Waals surface area (Å²) in [7, 11) is -3.90. The molecule has 0 aliphatic rings. The Morgan fingerprint density at radius 1 is 1.22 bits per heavy atom. The molecule has 2 heterocycles. The second-order valence-corrected chi connectivity index (χ2v) is 5.06. The minimum atomic E-state index is -3.90. The van der Waals surface area contributed by atoms with E-state index in [1.807, 2.05) is 0 Å². The van der Waals surface area contributed by atoms with Gasteiger partial charge in [-0.15, -0.1) is 0 Å². The molecule has 18 heavy (non-hydrogen) atoms. The lowest BCUT2D eigenvalue weighted by molar-refractivity contribution is 0.601. The summed E-state index contributed by atoms with van der Waals surface area (Å²) < 4.78 is 39.0. The Kier molecular flexibility index (Phi) is 3.11. The molecule has 0 atom stereocenters. The standard InChI is InChI=1S/C10H9FN4O2S/c11-7-3-8(5-14-4-7)15-18(16,17)10-6-13-2-1-9(10)12/h1-6,15H,(H2,12,13). The molecule has 0 spiro atoms. The van der Waals surface area contributed by atoms with Crippen molar-refractivity contribution in [2.75, 3.05) is 10.5 Å². The van der Waals surface area contributed by atoms with E-state index in [1.165, 1.54) is 18.5 Å². The van der Waals surface area contributed by atoms with Gasteiger partial charge >= 0.3 is 0 Å². The van der Waals surface area contributed by atoms with E-state index in [2.05, 4.69) is 14.7 Å². The molecular formula is C10H9FN4O2S. The maximum atomic E-state index is 12.9. The number of anilines is 2. The smallest absolute Gasteiger partial charge is 0.265 e. The van der Waals surface area contributed by atoms with E-state index in [1.54, 1.807) is 0 Å². The van der Waals surface area contributed by atoms with Gasteiger partial charge in [-0.3, -0.25) is 14.7 Å². The zero-order valence-electron chi connectivity index (χ0n) is 9.04. The van der Waals surface area contributed by atoms with Gasteiger partial charge in [0.1, 0.15) is 10.7 Å². The van der Waals surface area contributed by atoms with Gasteiger partial charge in [0.15, 0.2) is 0 Å². The Morgan fingerprint density at radius 2 is 2.00 bits per heavy atom. The number of nitrogens with one attached hydrogen (secondary N) is 1. The SMILES string of the molecule is Nc1ccncc1S(=O)(=O)Nc1cncc(F)c1. The third-order valence-corrected chi connectivity index (χ3v) is 3.49. The molecule has 0 bridgehead atoms. The quantitative estimate of drug-likeness (QED) is 0.865. The normalized spacial score (nSPS) is 11.2. The van der Waals surface area contributed by atoms with Crippen LogP contribution in [0.2, 0.25) is 0 Å². The van der Waals surface area contributed by atoms with Crippen LogP contribution in [0, 0.1) is 5.82 Å². The summed E-state index contributed by atoms with van der Waals surface area (Å²) in [6.07, 6.45) is 4.64. The van der Waals surface area contributed by atoms with Crippen LogP contribution in [0.4, 0.5) is 15.8 Å². The Hall–Kier alpha value is -2.22. The number of nitrogens with two attached hydrogens (primary N) is 1. The molecule has 0 amide bonds. The van der Waals surface area contributed by atoms with Gasteiger partial charge in [0, 0.05) is 18.5 Å². The summed E-state index contributed by atoms with van der Waals surface area (Å²) in [4.78, 5) is 7.05. The number of hydrogen-bond donors (Lipinski definition) is 2. The number of halogens is 1. The summed E-state index contributed by atoms with van der Waals surface area (Å²) in [6.45, 7) is 0. The molecule has 0 saturated heterocycles. The number of hydrogen-bond acceptors (Lipinski definition) is 5. The van der Waals surface area contributed by atoms with Crippen molar-refractivity contribution in [3.05, 3.63) is 42.7 Å². The molecule has 3 N–H and O–H groups in total. The van der Waals surface area contributed by atoms with Gasteiger partial charge < -0.3 is 5.73 Å². The lowest BCUT2D eigenvalue weighted by Crippen LogP contribution is -2.15. The fraction of sp³-hybridized carbons (Fsp3) is 0. The minimum Gasteiger partial charge on any atom is -0.398 e. The van der Waals surface area contributed by atoms with Crippen LogP contribution >= 0.6 is 0 Å². The Morgan fingerprint density at radius 3 is 2.67 bits per heavy atom. The van der Waals surface area contributed by atoms with E-state index in [9.17, 15) is 12.8 Å². The molecule has 0 fully saturated rings. The summed E-state index contributed by atoms with van der Waals surface area (Å²) in [5.74, 6) is -0.644. The maximum Gasteiger partial charge on any atom is 0.265 e. The van der Waals surface area contributed by atoms with E-state index in [0.717, 1.165) is 18.5 Å². The van der Waals surface area contributed by atoms with Crippen molar-refractivity contribution < 1.29 is 12.8 Å². The van der Waals surface area contributed by atoms with Crippen LogP contribution in [0.15, 0.2) is 41.8 Å². The number of rotatable bonds is 3. The number of pyridine rings is 2. The molecule has 8 heteroatoms. The van der Waals surface area contributed by atoms with Gasteiger partial charge in [0.2, 0.25) is 0 Å². The van der Waals surface area contributed by atoms with Gasteiger partial charge in [0.05, 0.1) is 23.8 Å². The maximum absolute atomic E-state index is 12.9. The third kappa shape index (κ3) is 2.54. The molecule has 0 radical (unpaired) electrons. The molecule has 0 aromatic carbocycles. The van der Waals surface area contributed by atoms with Crippen molar-refractivity contribution in [3.63, 3.8) is 0 Å². The van der Waals surface area contributed by atoms with Crippen molar-refractivity contribution in [1.82, 2.24) is 9.97 Å². The first kappa shape index (κ1) is 12.2. The number of nitrogen functional groups attached to an aromatic ring is 1. The van der Waals surface area contributed by atoms with Gasteiger partial charge in [-0.05, 0) is 6.07 Å². The first-order valence-electron chi connectivity index (χ1n) is 4.82. The predicted molar refractivity (Wildman–Crippen MR) is 63.7 cm³/mol. The summed E-state index contributed by atoms with van der Waals surface area (Å²) >= 11 is 0. The summed E-state index contributed by atoms with van der Waals surface area (Å²) in [5, 5.41) is 0. The van der Waals surface area contributed by atoms with E-state index in [-0.39, 0.29) is 16.3 Å². The monoisotopic (exact) mass is 268 g/mol. The zero-order chi connectivity index (χ0) is 13.2. The fourth-order valence-corrected chi connectivity index (χ4v) is 2.40. The van der Waals surface area contributed by atoms with Gasteiger partial charge in [0.25, 0.3) is 10.0 Å². The van der Waals surface area contributed by atoms with E-state index < -0.39 is 15.8 Å². The Balaban J connectivity index is 2.37. The van der Waals surface area contributed by atoms with Crippen molar-refractivity contribution >= 4 is 21.4 Å². The first-order valence-corrected chi connectivity index (χ1v) is 6.30. The topological polar surface area (TPSA) is 98.0 Å². The first-order chi connectivity index (χ1) is 8.49. The molecule has 2 rings (SSSR count). The average Bonchev–Trinajstić information content (AvgIpc) is 2.28. The fourth-order valence-electron chi connectivity index (χ4n) is 1.29. The van der Waals surface area contributed by atoms with Crippen molar-refractivity contribution in [3.8, 4) is 0 Å². The van der Waals surface area contributed by atoms with Crippen molar-refractivity contribution in [2.24, 2.45) is 0 Å². The molecule has 0 unspecified atom stereocenters. The molecule has 94 valence electrons. The highest BCUT2D eigenvalue weighted by Gasteiger charge is 2.17. The van der Waals surface area contributed by atoms with Crippen LogP contribution in [0.3, 0.4) is 0 Å².